The first kappa shape index (κ1) is 29.0. The van der Waals surface area contributed by atoms with E-state index in [1.54, 1.807) is 38.1 Å². The Bertz CT molecular complexity index is 1380. The number of alkyl halides is 3. The van der Waals surface area contributed by atoms with E-state index in [1.807, 2.05) is 20.8 Å². The van der Waals surface area contributed by atoms with Crippen LogP contribution in [0.3, 0.4) is 0 Å². The molecular formula is C30H33F3O5. The molecule has 0 bridgehead atoms. The van der Waals surface area contributed by atoms with Gasteiger partial charge in [-0.05, 0) is 56.0 Å². The highest BCUT2D eigenvalue weighted by Crippen LogP contribution is 2.39. The van der Waals surface area contributed by atoms with E-state index >= 15 is 0 Å². The van der Waals surface area contributed by atoms with Crippen molar-refractivity contribution in [1.82, 2.24) is 0 Å². The summed E-state index contributed by atoms with van der Waals surface area (Å²) in [6.07, 6.45) is -0.451. The fraction of sp³-hybridized carbons (Fsp3) is 0.400. The summed E-state index contributed by atoms with van der Waals surface area (Å²) in [5.74, 6) is -1.00. The minimum absolute atomic E-state index is 0.000839. The monoisotopic (exact) mass is 530 g/mol. The summed E-state index contributed by atoms with van der Waals surface area (Å²) in [5, 5.41) is 0.519. The Morgan fingerprint density at radius 2 is 1.71 bits per heavy atom. The van der Waals surface area contributed by atoms with Gasteiger partial charge in [0.2, 0.25) is 0 Å². The SMILES string of the molecule is C=CC(=O)OC(C)(C)C(C)(C)c1ccc2cc(-c3ccc(CCCCC)cc3OC(F)(F)F)c(=O)oc2c1. The largest absolute Gasteiger partial charge is 0.573 e. The summed E-state index contributed by atoms with van der Waals surface area (Å²) < 4.78 is 55.1. The van der Waals surface area contributed by atoms with Gasteiger partial charge in [-0.2, -0.15) is 0 Å². The second kappa shape index (κ2) is 11.1. The molecule has 0 aliphatic heterocycles. The van der Waals surface area contributed by atoms with Crippen molar-refractivity contribution in [3.05, 3.63) is 76.7 Å². The van der Waals surface area contributed by atoms with Gasteiger partial charge in [-0.1, -0.05) is 64.5 Å². The molecule has 1 heterocycles. The van der Waals surface area contributed by atoms with Crippen LogP contribution in [0.25, 0.3) is 22.1 Å². The minimum Gasteiger partial charge on any atom is -0.456 e. The number of ether oxygens (including phenoxy) is 2. The van der Waals surface area contributed by atoms with Gasteiger partial charge in [0.05, 0.1) is 5.56 Å². The molecule has 38 heavy (non-hydrogen) atoms. The van der Waals surface area contributed by atoms with E-state index in [4.69, 9.17) is 9.15 Å². The molecule has 3 rings (SSSR count). The Hall–Kier alpha value is -3.55. The predicted octanol–water partition coefficient (Wildman–Crippen LogP) is 7.88. The lowest BCUT2D eigenvalue weighted by Gasteiger charge is -2.41. The van der Waals surface area contributed by atoms with Crippen molar-refractivity contribution in [2.45, 2.75) is 77.7 Å². The third kappa shape index (κ3) is 6.47. The molecule has 0 amide bonds. The first-order valence-corrected chi connectivity index (χ1v) is 12.5. The Morgan fingerprint density at radius 1 is 1.00 bits per heavy atom. The quantitative estimate of drug-likeness (QED) is 0.115. The molecule has 0 N–H and O–H groups in total. The second-order valence-electron chi connectivity index (χ2n) is 10.3. The van der Waals surface area contributed by atoms with Crippen LogP contribution in [0.2, 0.25) is 0 Å². The average Bonchev–Trinajstić information content (AvgIpc) is 2.82. The number of unbranched alkanes of at least 4 members (excludes halogenated alkanes) is 2. The average molecular weight is 531 g/mol. The lowest BCUT2D eigenvalue weighted by molar-refractivity contribution is -0.274. The van der Waals surface area contributed by atoms with Gasteiger partial charge in [-0.15, -0.1) is 13.2 Å². The molecule has 0 spiro atoms. The first-order valence-electron chi connectivity index (χ1n) is 12.5. The van der Waals surface area contributed by atoms with Crippen LogP contribution in [-0.4, -0.2) is 17.9 Å². The zero-order valence-electron chi connectivity index (χ0n) is 22.3. The molecule has 2 aromatic carbocycles. The molecule has 0 saturated carbocycles. The van der Waals surface area contributed by atoms with E-state index in [1.165, 1.54) is 18.2 Å². The Labute approximate surface area is 220 Å². The van der Waals surface area contributed by atoms with E-state index in [0.717, 1.165) is 30.9 Å². The number of benzene rings is 2. The summed E-state index contributed by atoms with van der Waals surface area (Å²) in [4.78, 5) is 24.9. The van der Waals surface area contributed by atoms with Gasteiger partial charge in [-0.25, -0.2) is 9.59 Å². The number of esters is 1. The molecule has 0 fully saturated rings. The lowest BCUT2D eigenvalue weighted by atomic mass is 9.71. The molecule has 1 aromatic heterocycles. The van der Waals surface area contributed by atoms with Crippen LogP contribution in [0, 0.1) is 0 Å². The number of hydrogen-bond acceptors (Lipinski definition) is 5. The molecule has 0 saturated heterocycles. The van der Waals surface area contributed by atoms with Crippen molar-refractivity contribution in [1.29, 1.82) is 0 Å². The van der Waals surface area contributed by atoms with E-state index in [9.17, 15) is 22.8 Å². The van der Waals surface area contributed by atoms with Crippen LogP contribution in [0.1, 0.15) is 65.0 Å². The first-order chi connectivity index (χ1) is 17.7. The van der Waals surface area contributed by atoms with Gasteiger partial charge >= 0.3 is 18.0 Å². The fourth-order valence-electron chi connectivity index (χ4n) is 4.19. The van der Waals surface area contributed by atoms with Gasteiger partial charge in [-0.3, -0.25) is 0 Å². The molecule has 3 aromatic rings. The highest BCUT2D eigenvalue weighted by Gasteiger charge is 2.41. The van der Waals surface area contributed by atoms with Crippen molar-refractivity contribution in [2.75, 3.05) is 0 Å². The lowest BCUT2D eigenvalue weighted by Crippen LogP contribution is -2.46. The zero-order valence-corrected chi connectivity index (χ0v) is 22.3. The van der Waals surface area contributed by atoms with E-state index in [2.05, 4.69) is 11.3 Å². The second-order valence-corrected chi connectivity index (χ2v) is 10.3. The molecule has 0 aliphatic carbocycles. The van der Waals surface area contributed by atoms with Crippen LogP contribution in [-0.2, 0) is 21.4 Å². The maximum absolute atomic E-state index is 13.2. The number of carbonyl (C=O) groups excluding carboxylic acids is 1. The molecule has 0 radical (unpaired) electrons. The van der Waals surface area contributed by atoms with Crippen molar-refractivity contribution in [3.63, 3.8) is 0 Å². The fourth-order valence-corrected chi connectivity index (χ4v) is 4.19. The van der Waals surface area contributed by atoms with Gasteiger partial charge in [0, 0.05) is 22.4 Å². The summed E-state index contributed by atoms with van der Waals surface area (Å²) >= 11 is 0. The number of aryl methyl sites for hydroxylation is 1. The van der Waals surface area contributed by atoms with Crippen LogP contribution in [0.5, 0.6) is 5.75 Å². The van der Waals surface area contributed by atoms with E-state index in [0.29, 0.717) is 17.4 Å². The van der Waals surface area contributed by atoms with Crippen LogP contribution < -0.4 is 10.4 Å². The Balaban J connectivity index is 2.06. The van der Waals surface area contributed by atoms with Crippen molar-refractivity contribution in [2.24, 2.45) is 0 Å². The normalized spacial score (nSPS) is 12.4. The third-order valence-corrected chi connectivity index (χ3v) is 7.12. The maximum atomic E-state index is 13.2. The maximum Gasteiger partial charge on any atom is 0.573 e. The summed E-state index contributed by atoms with van der Waals surface area (Å²) in [5.41, 5.74) is -0.783. The van der Waals surface area contributed by atoms with Gasteiger partial charge < -0.3 is 13.9 Å². The predicted molar refractivity (Wildman–Crippen MR) is 141 cm³/mol. The Kier molecular flexibility index (Phi) is 8.44. The summed E-state index contributed by atoms with van der Waals surface area (Å²) in [7, 11) is 0. The molecule has 0 aliphatic rings. The third-order valence-electron chi connectivity index (χ3n) is 7.12. The highest BCUT2D eigenvalue weighted by atomic mass is 19.4. The van der Waals surface area contributed by atoms with E-state index in [-0.39, 0.29) is 16.7 Å². The molecule has 0 atom stereocenters. The molecule has 0 unspecified atom stereocenters. The molecule has 5 nitrogen and oxygen atoms in total. The van der Waals surface area contributed by atoms with Gasteiger partial charge in [0.25, 0.3) is 0 Å². The van der Waals surface area contributed by atoms with Crippen LogP contribution in [0.15, 0.2) is 64.3 Å². The van der Waals surface area contributed by atoms with Crippen molar-refractivity contribution in [3.8, 4) is 16.9 Å². The van der Waals surface area contributed by atoms with Crippen molar-refractivity contribution < 1.29 is 31.9 Å². The van der Waals surface area contributed by atoms with Gasteiger partial charge in [0.15, 0.2) is 0 Å². The smallest absolute Gasteiger partial charge is 0.456 e. The minimum atomic E-state index is -4.92. The highest BCUT2D eigenvalue weighted by molar-refractivity contribution is 5.84. The number of rotatable bonds is 10. The number of fused-ring (bicyclic) bond motifs is 1. The number of hydrogen-bond donors (Lipinski definition) is 0. The summed E-state index contributed by atoms with van der Waals surface area (Å²) in [6.45, 7) is 12.8. The van der Waals surface area contributed by atoms with E-state index < -0.39 is 34.7 Å². The topological polar surface area (TPSA) is 65.7 Å². The Morgan fingerprint density at radius 3 is 2.34 bits per heavy atom. The number of halogens is 3. The molecule has 8 heteroatoms. The zero-order chi connectivity index (χ0) is 28.3. The number of carbonyl (C=O) groups is 1. The molecule has 204 valence electrons. The van der Waals surface area contributed by atoms with Crippen LogP contribution >= 0.6 is 0 Å². The molecular weight excluding hydrogens is 497 g/mol. The van der Waals surface area contributed by atoms with Crippen LogP contribution in [0.4, 0.5) is 13.2 Å². The van der Waals surface area contributed by atoms with Crippen molar-refractivity contribution >= 4 is 16.9 Å². The van der Waals surface area contributed by atoms with Gasteiger partial charge in [0.1, 0.15) is 16.9 Å². The summed E-state index contributed by atoms with van der Waals surface area (Å²) in [6, 6.07) is 11.2. The standard InChI is InChI=1S/C30H33F3O5/c1-7-9-10-11-19-12-15-22(25(16-19)37-30(31,32)33)23-17-20-13-14-21(18-24(20)36-27(23)35)28(3,4)29(5,6)38-26(34)8-2/h8,12-18H,2,7,9-11H2,1,3-6H3.